The van der Waals surface area contributed by atoms with Crippen LogP contribution in [0.4, 0.5) is 18.9 Å². The molecule has 0 bridgehead atoms. The van der Waals surface area contributed by atoms with E-state index >= 15 is 0 Å². The highest BCUT2D eigenvalue weighted by Gasteiger charge is 2.30. The van der Waals surface area contributed by atoms with Gasteiger partial charge in [0.1, 0.15) is 11.2 Å². The van der Waals surface area contributed by atoms with Crippen molar-refractivity contribution in [1.82, 2.24) is 4.57 Å². The van der Waals surface area contributed by atoms with E-state index in [0.29, 0.717) is 17.9 Å². The van der Waals surface area contributed by atoms with Crippen LogP contribution >= 0.6 is 0 Å². The van der Waals surface area contributed by atoms with E-state index in [1.54, 1.807) is 12.1 Å². The van der Waals surface area contributed by atoms with Crippen LogP contribution in [0.3, 0.4) is 0 Å². The van der Waals surface area contributed by atoms with Gasteiger partial charge in [-0.05, 0) is 61.6 Å². The normalized spacial score (nSPS) is 18.0. The maximum absolute atomic E-state index is 12.9. The molecule has 1 aliphatic carbocycles. The number of rotatable bonds is 1. The summed E-state index contributed by atoms with van der Waals surface area (Å²) in [5.41, 5.74) is 1.52. The second-order valence-corrected chi connectivity index (χ2v) is 6.66. The molecule has 3 nitrogen and oxygen atoms in total. The van der Waals surface area contributed by atoms with E-state index in [4.69, 9.17) is 4.74 Å². The summed E-state index contributed by atoms with van der Waals surface area (Å²) in [5, 5.41) is 0. The number of halogens is 3. The van der Waals surface area contributed by atoms with Gasteiger partial charge < -0.3 is 4.74 Å². The van der Waals surface area contributed by atoms with Gasteiger partial charge in [0.2, 0.25) is 5.88 Å². The van der Waals surface area contributed by atoms with Crippen LogP contribution in [0.15, 0.2) is 58.8 Å². The summed E-state index contributed by atoms with van der Waals surface area (Å²) in [6.07, 6.45) is 1.37. The fourth-order valence-corrected chi connectivity index (χ4v) is 3.48. The Hall–Kier alpha value is -2.50. The lowest BCUT2D eigenvalue weighted by atomic mass is 9.94. The first-order valence-electron chi connectivity index (χ1n) is 8.81. The maximum atomic E-state index is 12.9. The van der Waals surface area contributed by atoms with Crippen LogP contribution in [0.25, 0.3) is 0 Å². The molecule has 2 aliphatic rings. The van der Waals surface area contributed by atoms with Crippen LogP contribution in [0.5, 0.6) is 5.88 Å². The lowest BCUT2D eigenvalue weighted by Crippen LogP contribution is -2.17. The van der Waals surface area contributed by atoms with Gasteiger partial charge in [0.05, 0.1) is 17.8 Å². The van der Waals surface area contributed by atoms with Gasteiger partial charge in [-0.3, -0.25) is 4.57 Å². The average molecular weight is 360 g/mol. The van der Waals surface area contributed by atoms with Crippen molar-refractivity contribution in [1.29, 1.82) is 0 Å². The molecule has 136 valence electrons. The second-order valence-electron chi connectivity index (χ2n) is 6.66. The van der Waals surface area contributed by atoms with Gasteiger partial charge in [-0.2, -0.15) is 13.2 Å². The quantitative estimate of drug-likeness (QED) is 0.673. The van der Waals surface area contributed by atoms with E-state index in [0.717, 1.165) is 30.7 Å². The summed E-state index contributed by atoms with van der Waals surface area (Å²) in [7, 11) is 0. The summed E-state index contributed by atoms with van der Waals surface area (Å²) >= 11 is 0. The van der Waals surface area contributed by atoms with Gasteiger partial charge in [0.25, 0.3) is 0 Å². The van der Waals surface area contributed by atoms with Crippen molar-refractivity contribution in [3.05, 3.63) is 64.8 Å². The van der Waals surface area contributed by atoms with Crippen molar-refractivity contribution < 1.29 is 17.9 Å². The van der Waals surface area contributed by atoms with Crippen molar-refractivity contribution in [3.63, 3.8) is 0 Å². The molecule has 1 aliphatic heterocycles. The van der Waals surface area contributed by atoms with Crippen molar-refractivity contribution in [2.75, 3.05) is 0 Å². The summed E-state index contributed by atoms with van der Waals surface area (Å²) in [6.45, 7) is 0.587. The number of pyridine rings is 1. The highest BCUT2D eigenvalue weighted by molar-refractivity contribution is 5.41. The zero-order chi connectivity index (χ0) is 18.1. The second kappa shape index (κ2) is 6.67. The fraction of sp³-hybridized carbons (Fsp3) is 0.350. The molecule has 0 spiro atoms. The zero-order valence-corrected chi connectivity index (χ0v) is 14.2. The monoisotopic (exact) mass is 360 g/mol. The lowest BCUT2D eigenvalue weighted by molar-refractivity contribution is -0.137. The molecule has 0 radical (unpaired) electrons. The summed E-state index contributed by atoms with van der Waals surface area (Å²) in [5.74, 6) is 1.66. The van der Waals surface area contributed by atoms with Crippen LogP contribution < -0.4 is 10.2 Å². The zero-order valence-electron chi connectivity index (χ0n) is 14.2. The fourth-order valence-electron chi connectivity index (χ4n) is 3.48. The predicted molar refractivity (Wildman–Crippen MR) is 91.8 cm³/mol. The number of hydrogen-bond acceptors (Lipinski definition) is 2. The van der Waals surface area contributed by atoms with E-state index in [2.05, 4.69) is 4.99 Å². The molecule has 0 atom stereocenters. The summed E-state index contributed by atoms with van der Waals surface area (Å²) in [6, 6.07) is 10.5. The molecule has 6 heteroatoms. The molecule has 0 amide bonds. The number of alkyl halides is 3. The van der Waals surface area contributed by atoms with Crippen LogP contribution in [0.2, 0.25) is 0 Å². The Morgan fingerprint density at radius 1 is 0.962 bits per heavy atom. The van der Waals surface area contributed by atoms with Crippen LogP contribution in [0.1, 0.15) is 37.7 Å². The molecular weight excluding hydrogens is 341 g/mol. The van der Waals surface area contributed by atoms with Gasteiger partial charge in [0, 0.05) is 0 Å². The minimum absolute atomic E-state index is 0.277. The molecule has 2 aromatic rings. The van der Waals surface area contributed by atoms with E-state index < -0.39 is 11.7 Å². The smallest absolute Gasteiger partial charge is 0.416 e. The predicted octanol–water partition coefficient (Wildman–Crippen LogP) is 5.35. The van der Waals surface area contributed by atoms with Crippen LogP contribution in [-0.4, -0.2) is 4.57 Å². The van der Waals surface area contributed by atoms with Crippen molar-refractivity contribution >= 4 is 5.69 Å². The minimum atomic E-state index is -4.38. The Morgan fingerprint density at radius 2 is 1.73 bits per heavy atom. The number of hydrogen-bond donors (Lipinski definition) is 0. The molecule has 1 aromatic carbocycles. The Morgan fingerprint density at radius 3 is 2.50 bits per heavy atom. The molecule has 0 unspecified atom stereocenters. The Balaban J connectivity index is 1.71. The molecule has 26 heavy (non-hydrogen) atoms. The molecular formula is C20H19F3N2O. The molecule has 0 saturated heterocycles. The van der Waals surface area contributed by atoms with Gasteiger partial charge in [-0.25, -0.2) is 4.99 Å². The van der Waals surface area contributed by atoms with Gasteiger partial charge in [0.15, 0.2) is 0 Å². The number of allylic oxidation sites excluding steroid dienone is 2. The van der Waals surface area contributed by atoms with E-state index in [-0.39, 0.29) is 5.69 Å². The lowest BCUT2D eigenvalue weighted by Gasteiger charge is -2.15. The number of benzene rings is 1. The average Bonchev–Trinajstić information content (AvgIpc) is 3.07. The molecule has 2 heterocycles. The maximum Gasteiger partial charge on any atom is 0.416 e. The van der Waals surface area contributed by atoms with Crippen LogP contribution in [-0.2, 0) is 12.7 Å². The summed E-state index contributed by atoms with van der Waals surface area (Å²) < 4.78 is 46.7. The van der Waals surface area contributed by atoms with E-state index in [1.807, 2.05) is 16.7 Å². The molecule has 4 rings (SSSR count). The SMILES string of the molecule is FC(F)(F)c1cccc(N=c2cccc3n2CC(=C2CCCCC2)O3)c1. The number of ether oxygens (including phenoxy) is 1. The van der Waals surface area contributed by atoms with Crippen molar-refractivity contribution in [3.8, 4) is 5.88 Å². The first-order chi connectivity index (χ1) is 12.5. The Labute approximate surface area is 149 Å². The van der Waals surface area contributed by atoms with Gasteiger partial charge in [-0.1, -0.05) is 18.6 Å². The van der Waals surface area contributed by atoms with E-state index in [9.17, 15) is 13.2 Å². The first-order valence-corrected chi connectivity index (χ1v) is 8.81. The van der Waals surface area contributed by atoms with Crippen molar-refractivity contribution in [2.45, 2.75) is 44.8 Å². The number of fused-ring (bicyclic) bond motifs is 1. The molecule has 1 aromatic heterocycles. The topological polar surface area (TPSA) is 26.5 Å². The Kier molecular flexibility index (Phi) is 4.34. The first kappa shape index (κ1) is 16.9. The number of nitrogens with zero attached hydrogens (tertiary/aromatic N) is 2. The summed E-state index contributed by atoms with van der Waals surface area (Å²) in [4.78, 5) is 4.43. The largest absolute Gasteiger partial charge is 0.443 e. The van der Waals surface area contributed by atoms with Crippen molar-refractivity contribution in [2.24, 2.45) is 4.99 Å². The Bertz CT molecular complexity index is 917. The standard InChI is InChI=1S/C20H19F3N2O/c21-20(22,23)15-8-4-9-16(12-15)24-18-10-5-11-19-25(18)13-17(26-19)14-6-2-1-3-7-14/h4-5,8-12H,1-3,6-7,13H2. The van der Waals surface area contributed by atoms with Crippen LogP contribution in [0, 0.1) is 0 Å². The third-order valence-electron chi connectivity index (χ3n) is 4.82. The molecule has 1 saturated carbocycles. The third-order valence-corrected chi connectivity index (χ3v) is 4.82. The molecule has 1 fully saturated rings. The van der Waals surface area contributed by atoms with E-state index in [1.165, 1.54) is 30.9 Å². The number of aromatic nitrogens is 1. The third kappa shape index (κ3) is 3.41. The van der Waals surface area contributed by atoms with Gasteiger partial charge >= 0.3 is 6.18 Å². The minimum Gasteiger partial charge on any atom is -0.443 e. The van der Waals surface area contributed by atoms with Gasteiger partial charge in [-0.15, -0.1) is 0 Å². The highest BCUT2D eigenvalue weighted by atomic mass is 19.4. The molecule has 0 N–H and O–H groups in total. The highest BCUT2D eigenvalue weighted by Crippen LogP contribution is 2.32.